The Balaban J connectivity index is 2.21. The lowest BCUT2D eigenvalue weighted by molar-refractivity contribution is 0.102. The lowest BCUT2D eigenvalue weighted by Crippen LogP contribution is -2.12. The molecule has 0 fully saturated rings. The van der Waals surface area contributed by atoms with Crippen molar-refractivity contribution < 1.29 is 9.18 Å². The molecule has 2 rings (SSSR count). The monoisotopic (exact) mass is 281 g/mol. The number of carbonyl (C=O) groups excluding carboxylic acids is 1. The molecule has 0 spiro atoms. The van der Waals surface area contributed by atoms with E-state index >= 15 is 0 Å². The first-order valence-electron chi connectivity index (χ1n) is 5.12. The minimum absolute atomic E-state index is 0.188. The fourth-order valence-electron chi connectivity index (χ4n) is 1.42. The molecular formula is C13H9ClFNOS. The van der Waals surface area contributed by atoms with Crippen molar-refractivity contribution in [2.24, 2.45) is 0 Å². The van der Waals surface area contributed by atoms with Crippen molar-refractivity contribution in [3.63, 3.8) is 0 Å². The van der Waals surface area contributed by atoms with Gasteiger partial charge in [-0.1, -0.05) is 11.6 Å². The average Bonchev–Trinajstić information content (AvgIpc) is 2.35. The Labute approximate surface area is 114 Å². The molecular weight excluding hydrogens is 273 g/mol. The third-order valence-corrected chi connectivity index (χ3v) is 2.95. The third kappa shape index (κ3) is 3.03. The van der Waals surface area contributed by atoms with Crippen LogP contribution in [0.3, 0.4) is 0 Å². The minimum atomic E-state index is -0.478. The second-order valence-electron chi connectivity index (χ2n) is 3.62. The van der Waals surface area contributed by atoms with E-state index in [2.05, 4.69) is 17.9 Å². The van der Waals surface area contributed by atoms with Crippen LogP contribution in [0.1, 0.15) is 10.4 Å². The molecule has 0 saturated heterocycles. The second-order valence-corrected chi connectivity index (χ2v) is 4.54. The molecule has 0 aliphatic carbocycles. The fourth-order valence-corrected chi connectivity index (χ4v) is 1.79. The summed E-state index contributed by atoms with van der Waals surface area (Å²) in [6.45, 7) is 0. The van der Waals surface area contributed by atoms with E-state index in [1.54, 1.807) is 24.3 Å². The zero-order chi connectivity index (χ0) is 13.1. The van der Waals surface area contributed by atoms with Crippen molar-refractivity contribution in [1.82, 2.24) is 0 Å². The van der Waals surface area contributed by atoms with E-state index in [4.69, 9.17) is 11.6 Å². The lowest BCUT2D eigenvalue weighted by Gasteiger charge is -2.07. The molecule has 1 N–H and O–H groups in total. The molecule has 0 aliphatic rings. The Morgan fingerprint density at radius 3 is 2.50 bits per heavy atom. The molecule has 0 atom stereocenters. The zero-order valence-electron chi connectivity index (χ0n) is 9.15. The highest BCUT2D eigenvalue weighted by Gasteiger charge is 2.10. The van der Waals surface area contributed by atoms with E-state index in [9.17, 15) is 9.18 Å². The van der Waals surface area contributed by atoms with E-state index in [0.717, 1.165) is 6.07 Å². The van der Waals surface area contributed by atoms with Crippen LogP contribution in [0, 0.1) is 5.82 Å². The molecule has 0 saturated carbocycles. The predicted molar refractivity (Wildman–Crippen MR) is 73.1 cm³/mol. The van der Waals surface area contributed by atoms with Gasteiger partial charge in [0.2, 0.25) is 0 Å². The minimum Gasteiger partial charge on any atom is -0.322 e. The van der Waals surface area contributed by atoms with Crippen molar-refractivity contribution in [1.29, 1.82) is 0 Å². The summed E-state index contributed by atoms with van der Waals surface area (Å²) in [6, 6.07) is 10.5. The number of hydrogen-bond acceptors (Lipinski definition) is 2. The van der Waals surface area contributed by atoms with Crippen molar-refractivity contribution in [2.75, 3.05) is 5.32 Å². The Bertz CT molecular complexity index is 586. The van der Waals surface area contributed by atoms with Crippen LogP contribution in [-0.2, 0) is 0 Å². The Hall–Kier alpha value is -1.52. The first-order valence-corrected chi connectivity index (χ1v) is 5.94. The number of halogens is 2. The zero-order valence-corrected chi connectivity index (χ0v) is 10.8. The molecule has 0 aliphatic heterocycles. The third-order valence-electron chi connectivity index (χ3n) is 2.31. The van der Waals surface area contributed by atoms with Crippen LogP contribution < -0.4 is 5.32 Å². The summed E-state index contributed by atoms with van der Waals surface area (Å²) in [4.78, 5) is 12.3. The summed E-state index contributed by atoms with van der Waals surface area (Å²) in [5, 5.41) is 3.22. The number of amides is 1. The number of thiol groups is 1. The van der Waals surface area contributed by atoms with Gasteiger partial charge in [-0.25, -0.2) is 4.39 Å². The topological polar surface area (TPSA) is 29.1 Å². The quantitative estimate of drug-likeness (QED) is 0.800. The van der Waals surface area contributed by atoms with E-state index in [-0.39, 0.29) is 5.56 Å². The van der Waals surface area contributed by atoms with Crippen LogP contribution in [-0.4, -0.2) is 5.91 Å². The summed E-state index contributed by atoms with van der Waals surface area (Å²) >= 11 is 9.86. The highest BCUT2D eigenvalue weighted by atomic mass is 35.5. The molecule has 0 aromatic heterocycles. The van der Waals surface area contributed by atoms with Gasteiger partial charge in [-0.3, -0.25) is 4.79 Å². The van der Waals surface area contributed by atoms with Gasteiger partial charge in [-0.05, 0) is 42.5 Å². The standard InChI is InChI=1S/C13H9ClFNOS/c14-8-1-4-10(5-2-8)16-13(17)11-7-9(15)3-6-12(11)18/h1-7,18H,(H,16,17). The van der Waals surface area contributed by atoms with Crippen LogP contribution in [0.4, 0.5) is 10.1 Å². The number of anilines is 1. The number of carbonyl (C=O) groups is 1. The number of nitrogens with one attached hydrogen (secondary N) is 1. The fraction of sp³-hybridized carbons (Fsp3) is 0. The van der Waals surface area contributed by atoms with Crippen LogP contribution in [0.2, 0.25) is 5.02 Å². The summed E-state index contributed by atoms with van der Waals surface area (Å²) in [7, 11) is 0. The Morgan fingerprint density at radius 2 is 1.83 bits per heavy atom. The van der Waals surface area contributed by atoms with Gasteiger partial charge in [0.05, 0.1) is 5.56 Å². The molecule has 5 heteroatoms. The van der Waals surface area contributed by atoms with E-state index in [1.165, 1.54) is 12.1 Å². The number of benzene rings is 2. The van der Waals surface area contributed by atoms with E-state index in [1.807, 2.05) is 0 Å². The first-order chi connectivity index (χ1) is 8.56. The summed E-state index contributed by atoms with van der Waals surface area (Å²) in [6.07, 6.45) is 0. The van der Waals surface area contributed by atoms with E-state index in [0.29, 0.717) is 15.6 Å². The molecule has 18 heavy (non-hydrogen) atoms. The Morgan fingerprint density at radius 1 is 1.17 bits per heavy atom. The normalized spacial score (nSPS) is 10.2. The van der Waals surface area contributed by atoms with Gasteiger partial charge >= 0.3 is 0 Å². The van der Waals surface area contributed by atoms with Gasteiger partial charge < -0.3 is 5.32 Å². The highest BCUT2D eigenvalue weighted by Crippen LogP contribution is 2.18. The maximum atomic E-state index is 13.1. The number of hydrogen-bond donors (Lipinski definition) is 2. The van der Waals surface area contributed by atoms with Crippen molar-refractivity contribution >= 4 is 35.8 Å². The summed E-state index contributed by atoms with van der Waals surface area (Å²) in [5.74, 6) is -0.893. The van der Waals surface area contributed by atoms with Gasteiger partial charge in [0.1, 0.15) is 5.82 Å². The average molecular weight is 282 g/mol. The molecule has 2 aromatic carbocycles. The maximum Gasteiger partial charge on any atom is 0.256 e. The van der Waals surface area contributed by atoms with Crippen LogP contribution in [0.25, 0.3) is 0 Å². The molecule has 0 radical (unpaired) electrons. The predicted octanol–water partition coefficient (Wildman–Crippen LogP) is 4.02. The molecule has 0 bridgehead atoms. The maximum absolute atomic E-state index is 13.1. The molecule has 0 unspecified atom stereocenters. The molecule has 1 amide bonds. The highest BCUT2D eigenvalue weighted by molar-refractivity contribution is 7.80. The molecule has 2 nitrogen and oxygen atoms in total. The van der Waals surface area contributed by atoms with Crippen LogP contribution in [0.5, 0.6) is 0 Å². The van der Waals surface area contributed by atoms with Gasteiger partial charge in [-0.2, -0.15) is 0 Å². The molecule has 92 valence electrons. The van der Waals surface area contributed by atoms with Crippen LogP contribution >= 0.6 is 24.2 Å². The summed E-state index contributed by atoms with van der Waals surface area (Å²) in [5.41, 5.74) is 0.773. The van der Waals surface area contributed by atoms with Gasteiger partial charge in [0.15, 0.2) is 0 Å². The largest absolute Gasteiger partial charge is 0.322 e. The number of rotatable bonds is 2. The SMILES string of the molecule is O=C(Nc1ccc(Cl)cc1)c1cc(F)ccc1S. The Kier molecular flexibility index (Phi) is 3.89. The van der Waals surface area contributed by atoms with Crippen molar-refractivity contribution in [3.05, 3.63) is 58.9 Å². The lowest BCUT2D eigenvalue weighted by atomic mass is 10.2. The van der Waals surface area contributed by atoms with Gasteiger partial charge in [0.25, 0.3) is 5.91 Å². The van der Waals surface area contributed by atoms with Gasteiger partial charge in [0, 0.05) is 15.6 Å². The van der Waals surface area contributed by atoms with Crippen molar-refractivity contribution in [3.8, 4) is 0 Å². The first kappa shape index (κ1) is 12.9. The van der Waals surface area contributed by atoms with E-state index < -0.39 is 11.7 Å². The molecule has 2 aromatic rings. The smallest absolute Gasteiger partial charge is 0.256 e. The van der Waals surface area contributed by atoms with Crippen LogP contribution in [0.15, 0.2) is 47.4 Å². The summed E-state index contributed by atoms with van der Waals surface area (Å²) < 4.78 is 13.1. The molecule has 0 heterocycles. The van der Waals surface area contributed by atoms with Gasteiger partial charge in [-0.15, -0.1) is 12.6 Å². The second kappa shape index (κ2) is 5.42. The van der Waals surface area contributed by atoms with Crippen molar-refractivity contribution in [2.45, 2.75) is 4.90 Å².